The van der Waals surface area contributed by atoms with E-state index >= 15 is 0 Å². The summed E-state index contributed by atoms with van der Waals surface area (Å²) in [6.07, 6.45) is -1.00. The Bertz CT molecular complexity index is 362. The van der Waals surface area contributed by atoms with Crippen LogP contribution in [0.3, 0.4) is 0 Å². The lowest BCUT2D eigenvalue weighted by atomic mass is 10.2. The van der Waals surface area contributed by atoms with Crippen molar-refractivity contribution in [1.29, 1.82) is 0 Å². The minimum Gasteiger partial charge on any atom is -0.442 e. The number of carbonyl (C=O) groups excluding carboxylic acids is 1. The maximum atomic E-state index is 10.7. The van der Waals surface area contributed by atoms with Crippen LogP contribution < -0.4 is 15.2 Å². The Morgan fingerprint density at radius 3 is 2.77 bits per heavy atom. The molecule has 13 heavy (non-hydrogen) atoms. The summed E-state index contributed by atoms with van der Waals surface area (Å²) >= 11 is 0. The third-order valence-corrected chi connectivity index (χ3v) is 1.71. The number of benzene rings is 1. The van der Waals surface area contributed by atoms with E-state index in [1.54, 1.807) is 18.2 Å². The van der Waals surface area contributed by atoms with Gasteiger partial charge in [0.15, 0.2) is 11.5 Å². The van der Waals surface area contributed by atoms with Crippen molar-refractivity contribution in [3.05, 3.63) is 30.7 Å². The zero-order valence-electron chi connectivity index (χ0n) is 6.82. The monoisotopic (exact) mass is 178 g/mol. The topological polar surface area (TPSA) is 61.5 Å². The van der Waals surface area contributed by atoms with E-state index in [0.29, 0.717) is 11.5 Å². The molecule has 0 aromatic heterocycles. The molecule has 4 heteroatoms. The summed E-state index contributed by atoms with van der Waals surface area (Å²) in [7, 11) is 0. The van der Waals surface area contributed by atoms with Crippen molar-refractivity contribution in [2.24, 2.45) is 5.73 Å². The van der Waals surface area contributed by atoms with Crippen molar-refractivity contribution < 1.29 is 14.3 Å². The van der Waals surface area contributed by atoms with Crippen LogP contribution in [0.1, 0.15) is 5.56 Å². The first-order chi connectivity index (χ1) is 6.16. The van der Waals surface area contributed by atoms with Crippen LogP contribution in [0.4, 0.5) is 0 Å². The van der Waals surface area contributed by atoms with Gasteiger partial charge in [-0.2, -0.15) is 0 Å². The fourth-order valence-corrected chi connectivity index (χ4v) is 1.11. The molecule has 1 radical (unpaired) electrons. The standard InChI is InChI=1S/C9H8NO3/c1-5-2-3-6-7(4-5)13-9(12-6)8(10)11/h2-4,9H,1H2,(H2,10,11). The molecule has 1 heterocycles. The minimum atomic E-state index is -1.00. The molecule has 0 saturated heterocycles. The lowest BCUT2D eigenvalue weighted by Gasteiger charge is -2.03. The number of rotatable bonds is 1. The SMILES string of the molecule is [CH2]c1ccc2c(c1)OC(C(N)=O)O2. The molecule has 1 aliphatic heterocycles. The van der Waals surface area contributed by atoms with Crippen molar-refractivity contribution >= 4 is 5.91 Å². The van der Waals surface area contributed by atoms with Gasteiger partial charge in [0.05, 0.1) is 0 Å². The number of amides is 1. The smallest absolute Gasteiger partial charge is 0.321 e. The molecular formula is C9H8NO3. The summed E-state index contributed by atoms with van der Waals surface area (Å²) in [4.78, 5) is 10.7. The molecule has 1 atom stereocenters. The van der Waals surface area contributed by atoms with Crippen molar-refractivity contribution in [2.45, 2.75) is 6.29 Å². The second-order valence-electron chi connectivity index (χ2n) is 2.75. The molecule has 2 rings (SSSR count). The average molecular weight is 178 g/mol. The maximum Gasteiger partial charge on any atom is 0.321 e. The molecule has 67 valence electrons. The Labute approximate surface area is 75.2 Å². The Morgan fingerprint density at radius 1 is 1.38 bits per heavy atom. The third kappa shape index (κ3) is 1.30. The van der Waals surface area contributed by atoms with Crippen LogP contribution in [-0.4, -0.2) is 12.2 Å². The lowest BCUT2D eigenvalue weighted by Crippen LogP contribution is -2.35. The van der Waals surface area contributed by atoms with Gasteiger partial charge in [-0.15, -0.1) is 0 Å². The van der Waals surface area contributed by atoms with Gasteiger partial charge in [-0.25, -0.2) is 0 Å². The highest BCUT2D eigenvalue weighted by atomic mass is 16.7. The molecule has 4 nitrogen and oxygen atoms in total. The lowest BCUT2D eigenvalue weighted by molar-refractivity contribution is -0.133. The van der Waals surface area contributed by atoms with E-state index in [1.165, 1.54) is 0 Å². The van der Waals surface area contributed by atoms with Gasteiger partial charge in [0.2, 0.25) is 0 Å². The van der Waals surface area contributed by atoms with Gasteiger partial charge in [0.25, 0.3) is 5.91 Å². The van der Waals surface area contributed by atoms with Crippen LogP contribution in [-0.2, 0) is 4.79 Å². The van der Waals surface area contributed by atoms with Gasteiger partial charge in [-0.05, 0) is 24.6 Å². The summed E-state index contributed by atoms with van der Waals surface area (Å²) in [6.45, 7) is 3.72. The fraction of sp³-hybridized carbons (Fsp3) is 0.111. The molecular weight excluding hydrogens is 170 g/mol. The molecule has 1 aromatic rings. The molecule has 0 aliphatic carbocycles. The fourth-order valence-electron chi connectivity index (χ4n) is 1.11. The number of primary amides is 1. The summed E-state index contributed by atoms with van der Waals surface area (Å²) in [6, 6.07) is 5.16. The quantitative estimate of drug-likeness (QED) is 0.679. The summed E-state index contributed by atoms with van der Waals surface area (Å²) in [5, 5.41) is 0. The first-order valence-electron chi connectivity index (χ1n) is 3.75. The average Bonchev–Trinajstić information content (AvgIpc) is 2.46. The molecule has 0 saturated carbocycles. The molecule has 1 aromatic carbocycles. The van der Waals surface area contributed by atoms with Crippen LogP contribution in [0.15, 0.2) is 18.2 Å². The summed E-state index contributed by atoms with van der Waals surface area (Å²) in [5.74, 6) is 0.398. The second kappa shape index (κ2) is 2.65. The van der Waals surface area contributed by atoms with Crippen molar-refractivity contribution in [1.82, 2.24) is 0 Å². The van der Waals surface area contributed by atoms with Crippen LogP contribution in [0.2, 0.25) is 0 Å². The van der Waals surface area contributed by atoms with E-state index in [4.69, 9.17) is 15.2 Å². The van der Waals surface area contributed by atoms with Gasteiger partial charge in [-0.3, -0.25) is 4.79 Å². The van der Waals surface area contributed by atoms with E-state index in [1.807, 2.05) is 0 Å². The zero-order chi connectivity index (χ0) is 9.42. The number of carbonyl (C=O) groups is 1. The highest BCUT2D eigenvalue weighted by Gasteiger charge is 2.28. The van der Waals surface area contributed by atoms with Crippen molar-refractivity contribution in [3.63, 3.8) is 0 Å². The van der Waals surface area contributed by atoms with Gasteiger partial charge in [-0.1, -0.05) is 6.07 Å². The van der Waals surface area contributed by atoms with E-state index in [0.717, 1.165) is 5.56 Å². The Morgan fingerprint density at radius 2 is 2.08 bits per heavy atom. The van der Waals surface area contributed by atoms with E-state index in [9.17, 15) is 4.79 Å². The molecule has 1 aliphatic rings. The Hall–Kier alpha value is -1.71. The predicted molar refractivity (Wildman–Crippen MR) is 45.1 cm³/mol. The van der Waals surface area contributed by atoms with E-state index in [2.05, 4.69) is 6.92 Å². The first kappa shape index (κ1) is 7.91. The number of hydrogen-bond acceptors (Lipinski definition) is 3. The molecule has 2 N–H and O–H groups in total. The molecule has 0 spiro atoms. The Balaban J connectivity index is 2.30. The molecule has 1 amide bonds. The highest BCUT2D eigenvalue weighted by molar-refractivity contribution is 5.79. The van der Waals surface area contributed by atoms with Gasteiger partial charge >= 0.3 is 6.29 Å². The first-order valence-corrected chi connectivity index (χ1v) is 3.75. The second-order valence-corrected chi connectivity index (χ2v) is 2.75. The van der Waals surface area contributed by atoms with E-state index in [-0.39, 0.29) is 0 Å². The minimum absolute atomic E-state index is 0.510. The maximum absolute atomic E-state index is 10.7. The predicted octanol–water partition coefficient (Wildman–Crippen LogP) is 0.451. The van der Waals surface area contributed by atoms with Crippen molar-refractivity contribution in [2.75, 3.05) is 0 Å². The third-order valence-electron chi connectivity index (χ3n) is 1.71. The number of nitrogens with two attached hydrogens (primary N) is 1. The number of ether oxygens (including phenoxy) is 2. The van der Waals surface area contributed by atoms with Crippen LogP contribution in [0.25, 0.3) is 0 Å². The van der Waals surface area contributed by atoms with E-state index < -0.39 is 12.2 Å². The summed E-state index contributed by atoms with van der Waals surface area (Å²) < 4.78 is 10.2. The zero-order valence-corrected chi connectivity index (χ0v) is 6.82. The van der Waals surface area contributed by atoms with Crippen molar-refractivity contribution in [3.8, 4) is 11.5 Å². The molecule has 0 fully saturated rings. The van der Waals surface area contributed by atoms with Crippen LogP contribution in [0, 0.1) is 6.92 Å². The molecule has 1 unspecified atom stereocenters. The normalized spacial score (nSPS) is 18.7. The number of fused-ring (bicyclic) bond motifs is 1. The van der Waals surface area contributed by atoms with Gasteiger partial charge < -0.3 is 15.2 Å². The largest absolute Gasteiger partial charge is 0.442 e. The van der Waals surface area contributed by atoms with Gasteiger partial charge in [0.1, 0.15) is 0 Å². The summed E-state index contributed by atoms with van der Waals surface area (Å²) in [5.41, 5.74) is 5.81. The highest BCUT2D eigenvalue weighted by Crippen LogP contribution is 2.34. The van der Waals surface area contributed by atoms with Crippen LogP contribution in [0.5, 0.6) is 11.5 Å². The van der Waals surface area contributed by atoms with Crippen LogP contribution >= 0.6 is 0 Å². The van der Waals surface area contributed by atoms with Gasteiger partial charge in [0, 0.05) is 0 Å². The molecule has 0 bridgehead atoms. The Kier molecular flexibility index (Phi) is 1.62. The number of hydrogen-bond donors (Lipinski definition) is 1.